The van der Waals surface area contributed by atoms with E-state index in [2.05, 4.69) is 4.72 Å². The second-order valence-corrected chi connectivity index (χ2v) is 5.70. The lowest BCUT2D eigenvalue weighted by Gasteiger charge is -2.10. The number of hydrogen-bond acceptors (Lipinski definition) is 5. The van der Waals surface area contributed by atoms with E-state index >= 15 is 0 Å². The van der Waals surface area contributed by atoms with Crippen molar-refractivity contribution >= 4 is 21.4 Å². The van der Waals surface area contributed by atoms with Gasteiger partial charge < -0.3 is 10.8 Å². The van der Waals surface area contributed by atoms with Gasteiger partial charge in [0.05, 0.1) is 27.9 Å². The second kappa shape index (κ2) is 5.11. The molecule has 0 spiro atoms. The zero-order valence-electron chi connectivity index (χ0n) is 10.2. The highest BCUT2D eigenvalue weighted by Crippen LogP contribution is 2.25. The topological polar surface area (TPSA) is 116 Å². The van der Waals surface area contributed by atoms with Gasteiger partial charge in [0.2, 0.25) is 0 Å². The molecule has 0 saturated carbocycles. The van der Waals surface area contributed by atoms with Crippen LogP contribution in [-0.4, -0.2) is 13.5 Å². The van der Waals surface area contributed by atoms with E-state index in [1.807, 2.05) is 6.07 Å². The molecule has 2 aromatic rings. The van der Waals surface area contributed by atoms with Crippen LogP contribution in [0, 0.1) is 11.3 Å². The summed E-state index contributed by atoms with van der Waals surface area (Å²) in [6, 6.07) is 11.3. The molecular weight excluding hydrogens is 278 g/mol. The fourth-order valence-electron chi connectivity index (χ4n) is 1.56. The molecule has 0 heterocycles. The number of nitrogen functional groups attached to an aromatic ring is 1. The number of nitrogens with two attached hydrogens (primary N) is 1. The van der Waals surface area contributed by atoms with Crippen LogP contribution in [0.5, 0.6) is 5.75 Å². The third kappa shape index (κ3) is 2.81. The molecule has 4 N–H and O–H groups in total. The lowest BCUT2D eigenvalue weighted by Crippen LogP contribution is -2.14. The summed E-state index contributed by atoms with van der Waals surface area (Å²) in [5.74, 6) is -0.0520. The van der Waals surface area contributed by atoms with Crippen LogP contribution >= 0.6 is 0 Å². The molecule has 0 atom stereocenters. The minimum atomic E-state index is -3.79. The molecule has 0 fully saturated rings. The van der Waals surface area contributed by atoms with Crippen LogP contribution < -0.4 is 10.5 Å². The van der Waals surface area contributed by atoms with E-state index in [1.165, 1.54) is 42.5 Å². The van der Waals surface area contributed by atoms with Crippen molar-refractivity contribution in [1.29, 1.82) is 5.26 Å². The van der Waals surface area contributed by atoms with Crippen molar-refractivity contribution < 1.29 is 13.5 Å². The van der Waals surface area contributed by atoms with E-state index in [-0.39, 0.29) is 22.0 Å². The number of rotatable bonds is 3. The van der Waals surface area contributed by atoms with Gasteiger partial charge in [-0.15, -0.1) is 0 Å². The SMILES string of the molecule is N#Cc1ccc(S(=O)(=O)Nc2ccc(O)cc2N)cc1. The number of nitriles is 1. The Kier molecular flexibility index (Phi) is 3.50. The normalized spacial score (nSPS) is 10.8. The number of hydrogen-bond donors (Lipinski definition) is 3. The zero-order valence-corrected chi connectivity index (χ0v) is 11.1. The van der Waals surface area contributed by atoms with Gasteiger partial charge in [-0.05, 0) is 36.4 Å². The van der Waals surface area contributed by atoms with Gasteiger partial charge in [0.15, 0.2) is 0 Å². The molecule has 0 radical (unpaired) electrons. The molecule has 2 rings (SSSR count). The monoisotopic (exact) mass is 289 g/mol. The Balaban J connectivity index is 2.33. The second-order valence-electron chi connectivity index (χ2n) is 4.01. The van der Waals surface area contributed by atoms with E-state index in [0.717, 1.165) is 0 Å². The number of nitrogens with one attached hydrogen (secondary N) is 1. The lowest BCUT2D eigenvalue weighted by molar-refractivity contribution is 0.475. The largest absolute Gasteiger partial charge is 0.508 e. The summed E-state index contributed by atoms with van der Waals surface area (Å²) in [4.78, 5) is 0.0176. The van der Waals surface area contributed by atoms with Gasteiger partial charge in [-0.2, -0.15) is 5.26 Å². The van der Waals surface area contributed by atoms with Crippen LogP contribution in [0.4, 0.5) is 11.4 Å². The number of sulfonamides is 1. The van der Waals surface area contributed by atoms with E-state index < -0.39 is 10.0 Å². The summed E-state index contributed by atoms with van der Waals surface area (Å²) in [5.41, 5.74) is 6.28. The summed E-state index contributed by atoms with van der Waals surface area (Å²) in [6.07, 6.45) is 0. The van der Waals surface area contributed by atoms with Gasteiger partial charge in [0.1, 0.15) is 5.75 Å². The summed E-state index contributed by atoms with van der Waals surface area (Å²) < 4.78 is 26.6. The zero-order chi connectivity index (χ0) is 14.8. The van der Waals surface area contributed by atoms with Gasteiger partial charge in [-0.3, -0.25) is 4.72 Å². The molecule has 0 aliphatic rings. The molecule has 2 aromatic carbocycles. The number of phenolic OH excluding ortho intramolecular Hbond substituents is 1. The molecule has 0 bridgehead atoms. The summed E-state index contributed by atoms with van der Waals surface area (Å²) in [5, 5.41) is 17.9. The Bertz CT molecular complexity index is 777. The first-order valence-electron chi connectivity index (χ1n) is 5.54. The average molecular weight is 289 g/mol. The van der Waals surface area contributed by atoms with Gasteiger partial charge in [0, 0.05) is 6.07 Å². The van der Waals surface area contributed by atoms with Crippen LogP contribution in [0.3, 0.4) is 0 Å². The summed E-state index contributed by atoms with van der Waals surface area (Å²) in [6.45, 7) is 0. The molecular formula is C13H11N3O3S. The van der Waals surface area contributed by atoms with Gasteiger partial charge in [-0.25, -0.2) is 8.42 Å². The smallest absolute Gasteiger partial charge is 0.261 e. The minimum Gasteiger partial charge on any atom is -0.508 e. The van der Waals surface area contributed by atoms with Crippen molar-refractivity contribution in [3.63, 3.8) is 0 Å². The Labute approximate surface area is 116 Å². The maximum atomic E-state index is 12.1. The van der Waals surface area contributed by atoms with Crippen molar-refractivity contribution in [2.75, 3.05) is 10.5 Å². The van der Waals surface area contributed by atoms with Crippen LogP contribution in [0.25, 0.3) is 0 Å². The first-order chi connectivity index (χ1) is 9.42. The molecule has 20 heavy (non-hydrogen) atoms. The van der Waals surface area contributed by atoms with E-state index in [4.69, 9.17) is 11.0 Å². The van der Waals surface area contributed by atoms with Crippen molar-refractivity contribution in [2.45, 2.75) is 4.90 Å². The average Bonchev–Trinajstić information content (AvgIpc) is 2.42. The molecule has 0 amide bonds. The summed E-state index contributed by atoms with van der Waals surface area (Å²) in [7, 11) is -3.79. The number of aromatic hydroxyl groups is 1. The predicted octanol–water partition coefficient (Wildman–Crippen LogP) is 1.65. The van der Waals surface area contributed by atoms with Gasteiger partial charge in [0.25, 0.3) is 10.0 Å². The standard InChI is InChI=1S/C13H11N3O3S/c14-8-9-1-4-11(5-2-9)20(18,19)16-13-6-3-10(17)7-12(13)15/h1-7,16-17H,15H2. The Hall–Kier alpha value is -2.72. The van der Waals surface area contributed by atoms with Gasteiger partial charge in [-0.1, -0.05) is 0 Å². The maximum absolute atomic E-state index is 12.1. The van der Waals surface area contributed by atoms with Gasteiger partial charge >= 0.3 is 0 Å². The Morgan fingerprint density at radius 1 is 1.15 bits per heavy atom. The van der Waals surface area contributed by atoms with Crippen molar-refractivity contribution in [3.8, 4) is 11.8 Å². The lowest BCUT2D eigenvalue weighted by atomic mass is 10.2. The van der Waals surface area contributed by atoms with E-state index in [9.17, 15) is 13.5 Å². The van der Waals surface area contributed by atoms with E-state index in [0.29, 0.717) is 5.56 Å². The quantitative estimate of drug-likeness (QED) is 0.586. The maximum Gasteiger partial charge on any atom is 0.261 e. The van der Waals surface area contributed by atoms with Crippen LogP contribution in [0.15, 0.2) is 47.4 Å². The fourth-order valence-corrected chi connectivity index (χ4v) is 2.64. The molecule has 0 aliphatic heterocycles. The van der Waals surface area contributed by atoms with Crippen LogP contribution in [-0.2, 0) is 10.0 Å². The molecule has 0 saturated heterocycles. The Morgan fingerprint density at radius 3 is 2.35 bits per heavy atom. The van der Waals surface area contributed by atoms with Crippen LogP contribution in [0.2, 0.25) is 0 Å². The molecule has 6 nitrogen and oxygen atoms in total. The van der Waals surface area contributed by atoms with Crippen molar-refractivity contribution in [1.82, 2.24) is 0 Å². The summed E-state index contributed by atoms with van der Waals surface area (Å²) >= 11 is 0. The number of phenols is 1. The first kappa shape index (κ1) is 13.7. The van der Waals surface area contributed by atoms with E-state index in [1.54, 1.807) is 0 Å². The number of anilines is 2. The highest BCUT2D eigenvalue weighted by Gasteiger charge is 2.15. The predicted molar refractivity (Wildman–Crippen MR) is 74.5 cm³/mol. The fraction of sp³-hybridized carbons (Fsp3) is 0. The Morgan fingerprint density at radius 2 is 1.80 bits per heavy atom. The van der Waals surface area contributed by atoms with Crippen molar-refractivity contribution in [3.05, 3.63) is 48.0 Å². The number of nitrogens with zero attached hydrogens (tertiary/aromatic N) is 1. The molecule has 7 heteroatoms. The third-order valence-electron chi connectivity index (χ3n) is 2.57. The molecule has 0 unspecified atom stereocenters. The van der Waals surface area contributed by atoms with Crippen LogP contribution in [0.1, 0.15) is 5.56 Å². The highest BCUT2D eigenvalue weighted by molar-refractivity contribution is 7.92. The van der Waals surface area contributed by atoms with Crippen molar-refractivity contribution in [2.24, 2.45) is 0 Å². The molecule has 102 valence electrons. The first-order valence-corrected chi connectivity index (χ1v) is 7.02. The molecule has 0 aliphatic carbocycles. The number of benzene rings is 2. The minimum absolute atomic E-state index is 0.0176. The third-order valence-corrected chi connectivity index (χ3v) is 3.95. The highest BCUT2D eigenvalue weighted by atomic mass is 32.2. The molecule has 0 aromatic heterocycles.